The summed E-state index contributed by atoms with van der Waals surface area (Å²) in [4.78, 5) is 2.49. The van der Waals surface area contributed by atoms with Gasteiger partial charge in [0, 0.05) is 56.2 Å². The summed E-state index contributed by atoms with van der Waals surface area (Å²) in [5.74, 6) is 6.12. The Balaban J connectivity index is 1.53. The number of fused-ring (bicyclic) bond motifs is 1. The Labute approximate surface area is 251 Å². The van der Waals surface area contributed by atoms with Crippen molar-refractivity contribution in [3.05, 3.63) is 48.2 Å². The van der Waals surface area contributed by atoms with E-state index in [0.717, 1.165) is 44.4 Å². The van der Waals surface area contributed by atoms with Crippen LogP contribution in [0.3, 0.4) is 0 Å². The molecule has 8 nitrogen and oxygen atoms in total. The summed E-state index contributed by atoms with van der Waals surface area (Å²) in [5.41, 5.74) is 1.78. The van der Waals surface area contributed by atoms with E-state index in [-0.39, 0.29) is 28.8 Å². The summed E-state index contributed by atoms with van der Waals surface area (Å²) >= 11 is 0. The fourth-order valence-electron chi connectivity index (χ4n) is 5.24. The summed E-state index contributed by atoms with van der Waals surface area (Å²) in [6.07, 6.45) is -1.50. The minimum Gasteiger partial charge on any atom is -0.495 e. The van der Waals surface area contributed by atoms with Gasteiger partial charge in [-0.15, -0.1) is 0 Å². The van der Waals surface area contributed by atoms with Gasteiger partial charge in [-0.3, -0.25) is 0 Å². The van der Waals surface area contributed by atoms with Gasteiger partial charge in [-0.1, -0.05) is 12.0 Å². The minimum atomic E-state index is -4.43. The second kappa shape index (κ2) is 13.1. The molecule has 0 radical (unpaired) electrons. The van der Waals surface area contributed by atoms with Crippen LogP contribution in [0.25, 0.3) is 10.9 Å². The molecule has 1 aromatic heterocycles. The molecule has 43 heavy (non-hydrogen) atoms. The van der Waals surface area contributed by atoms with Gasteiger partial charge >= 0.3 is 6.18 Å². The van der Waals surface area contributed by atoms with Gasteiger partial charge in [-0.25, -0.2) is 8.42 Å². The fourth-order valence-corrected chi connectivity index (χ4v) is 5.88. The van der Waals surface area contributed by atoms with Crippen molar-refractivity contribution < 1.29 is 31.1 Å². The van der Waals surface area contributed by atoms with Crippen LogP contribution in [0.15, 0.2) is 47.4 Å². The predicted molar refractivity (Wildman–Crippen MR) is 164 cm³/mol. The Morgan fingerprint density at radius 1 is 1.02 bits per heavy atom. The van der Waals surface area contributed by atoms with Gasteiger partial charge in [0.15, 0.2) is 9.84 Å². The summed E-state index contributed by atoms with van der Waals surface area (Å²) in [6, 6.07) is 11.7. The summed E-state index contributed by atoms with van der Waals surface area (Å²) in [6.45, 7) is 5.71. The Morgan fingerprint density at radius 3 is 2.37 bits per heavy atom. The van der Waals surface area contributed by atoms with E-state index in [2.05, 4.69) is 41.2 Å². The summed E-state index contributed by atoms with van der Waals surface area (Å²) < 4.78 is 76.6. The number of rotatable bonds is 10. The maximum Gasteiger partial charge on any atom is 0.406 e. The number of hydrogen-bond donors (Lipinski definition) is 2. The van der Waals surface area contributed by atoms with Crippen molar-refractivity contribution in [2.24, 2.45) is 0 Å². The van der Waals surface area contributed by atoms with Gasteiger partial charge in [-0.05, 0) is 62.9 Å². The number of sulfone groups is 1. The smallest absolute Gasteiger partial charge is 0.406 e. The number of aromatic nitrogens is 1. The maximum atomic E-state index is 13.6. The molecule has 0 amide bonds. The lowest BCUT2D eigenvalue weighted by atomic mass is 10.0. The molecule has 0 saturated carbocycles. The molecule has 1 aliphatic rings. The molecule has 12 heteroatoms. The Bertz CT molecular complexity index is 1600. The number of alkyl halides is 3. The molecule has 1 saturated heterocycles. The van der Waals surface area contributed by atoms with Crippen molar-refractivity contribution in [3.8, 4) is 17.6 Å². The van der Waals surface area contributed by atoms with Gasteiger partial charge in [-0.2, -0.15) is 13.2 Å². The van der Waals surface area contributed by atoms with Gasteiger partial charge in [0.25, 0.3) is 0 Å². The number of halogens is 3. The molecule has 3 aromatic rings. The molecule has 0 atom stereocenters. The van der Waals surface area contributed by atoms with E-state index in [9.17, 15) is 21.6 Å². The first-order chi connectivity index (χ1) is 20.2. The normalized spacial score (nSPS) is 15.3. The number of likely N-dealkylation sites (tertiary alicyclic amines) is 1. The highest BCUT2D eigenvalue weighted by Gasteiger charge is 2.30. The first-order valence-electron chi connectivity index (χ1n) is 14.0. The van der Waals surface area contributed by atoms with E-state index in [4.69, 9.17) is 9.47 Å². The van der Waals surface area contributed by atoms with Crippen molar-refractivity contribution in [2.75, 3.05) is 57.3 Å². The highest BCUT2D eigenvalue weighted by molar-refractivity contribution is 7.90. The van der Waals surface area contributed by atoms with Gasteiger partial charge in [0.2, 0.25) is 0 Å². The lowest BCUT2D eigenvalue weighted by Crippen LogP contribution is -2.46. The zero-order valence-electron chi connectivity index (χ0n) is 25.1. The largest absolute Gasteiger partial charge is 0.495 e. The van der Waals surface area contributed by atoms with Crippen molar-refractivity contribution in [1.82, 2.24) is 9.47 Å². The Morgan fingerprint density at radius 2 is 1.74 bits per heavy atom. The molecule has 0 unspecified atom stereocenters. The molecule has 0 aliphatic carbocycles. The maximum absolute atomic E-state index is 13.6. The summed E-state index contributed by atoms with van der Waals surface area (Å²) in [7, 11) is -0.275. The topological polar surface area (TPSA) is 84.8 Å². The molecule has 1 aliphatic heterocycles. The number of methoxy groups -OCH3 is 2. The van der Waals surface area contributed by atoms with E-state index in [1.165, 1.54) is 23.8 Å². The van der Waals surface area contributed by atoms with Crippen LogP contribution in [0.2, 0.25) is 0 Å². The number of piperidine rings is 1. The monoisotopic (exact) mass is 620 g/mol. The van der Waals surface area contributed by atoms with Crippen molar-refractivity contribution in [2.45, 2.75) is 55.9 Å². The number of anilines is 2. The number of hydrogen-bond acceptors (Lipinski definition) is 7. The van der Waals surface area contributed by atoms with Crippen LogP contribution in [-0.2, 0) is 21.1 Å². The molecule has 4 rings (SSSR count). The minimum absolute atomic E-state index is 0.103. The second-order valence-electron chi connectivity index (χ2n) is 11.4. The fraction of sp³-hybridized carbons (Fsp3) is 0.484. The van der Waals surface area contributed by atoms with E-state index in [0.29, 0.717) is 22.3 Å². The average Bonchev–Trinajstić information content (AvgIpc) is 3.28. The molecule has 2 aromatic carbocycles. The van der Waals surface area contributed by atoms with Crippen LogP contribution in [0, 0.1) is 11.8 Å². The van der Waals surface area contributed by atoms with Gasteiger partial charge < -0.3 is 29.6 Å². The van der Waals surface area contributed by atoms with Crippen LogP contribution in [0.5, 0.6) is 5.75 Å². The lowest BCUT2D eigenvalue weighted by molar-refractivity contribution is -0.140. The first kappa shape index (κ1) is 32.5. The SMILES string of the molecule is COc1cc(S(C)(=O)=O)ccc1NCC#Cc1cc2c(NC3CCN(CC(C)(C)OC)CC3)cccc2n1CC(F)(F)F. The second-order valence-corrected chi connectivity index (χ2v) is 13.4. The van der Waals surface area contributed by atoms with Gasteiger partial charge in [0.05, 0.1) is 41.0 Å². The molecule has 0 spiro atoms. The zero-order chi connectivity index (χ0) is 31.4. The average molecular weight is 621 g/mol. The predicted octanol–water partition coefficient (Wildman–Crippen LogP) is 5.38. The standard InChI is InChI=1S/C31H39F3N4O4S/c1-30(2,42-4)20-37-16-13-22(14-17-37)36-26-9-6-10-28-25(26)18-23(38(28)21-31(32,33)34)8-7-15-35-27-12-11-24(43(5,39)40)19-29(27)41-3/h6,9-12,18-19,22,35-36H,13-17,20-21H2,1-5H3. The van der Waals surface area contributed by atoms with Crippen LogP contribution >= 0.6 is 0 Å². The number of benzene rings is 2. The highest BCUT2D eigenvalue weighted by atomic mass is 32.2. The number of nitrogens with zero attached hydrogens (tertiary/aromatic N) is 2. The molecule has 1 fully saturated rings. The van der Waals surface area contributed by atoms with E-state index >= 15 is 0 Å². The molecule has 0 bridgehead atoms. The molecule has 234 valence electrons. The molecular formula is C31H39F3N4O4S. The third-order valence-electron chi connectivity index (χ3n) is 7.57. The number of ether oxygens (including phenoxy) is 2. The van der Waals surface area contributed by atoms with E-state index in [1.807, 2.05) is 6.07 Å². The summed E-state index contributed by atoms with van der Waals surface area (Å²) in [5, 5.41) is 7.31. The Kier molecular flexibility index (Phi) is 9.89. The van der Waals surface area contributed by atoms with Gasteiger partial charge in [0.1, 0.15) is 12.3 Å². The van der Waals surface area contributed by atoms with Crippen LogP contribution < -0.4 is 15.4 Å². The Hall–Kier alpha value is -3.40. The van der Waals surface area contributed by atoms with Crippen LogP contribution in [0.4, 0.5) is 24.5 Å². The third-order valence-corrected chi connectivity index (χ3v) is 8.68. The molecular weight excluding hydrogens is 581 g/mol. The van der Waals surface area contributed by atoms with Crippen molar-refractivity contribution in [3.63, 3.8) is 0 Å². The zero-order valence-corrected chi connectivity index (χ0v) is 26.0. The molecule has 2 N–H and O–H groups in total. The molecule has 2 heterocycles. The van der Waals surface area contributed by atoms with Crippen molar-refractivity contribution >= 4 is 32.1 Å². The van der Waals surface area contributed by atoms with E-state index < -0.39 is 22.6 Å². The van der Waals surface area contributed by atoms with Crippen LogP contribution in [0.1, 0.15) is 32.4 Å². The lowest BCUT2D eigenvalue weighted by Gasteiger charge is -2.37. The highest BCUT2D eigenvalue weighted by Crippen LogP contribution is 2.32. The van der Waals surface area contributed by atoms with E-state index in [1.54, 1.807) is 31.4 Å². The third kappa shape index (κ3) is 8.59. The van der Waals surface area contributed by atoms with Crippen LogP contribution in [-0.4, -0.2) is 82.4 Å². The first-order valence-corrected chi connectivity index (χ1v) is 15.9. The quantitative estimate of drug-likeness (QED) is 0.295. The van der Waals surface area contributed by atoms with Crippen molar-refractivity contribution in [1.29, 1.82) is 0 Å². The number of nitrogens with one attached hydrogen (secondary N) is 2.